The molecule has 8 heteroatoms. The molecule has 21 heavy (non-hydrogen) atoms. The van der Waals surface area contributed by atoms with Gasteiger partial charge in [-0.15, -0.1) is 5.10 Å². The monoisotopic (exact) mass is 389 g/mol. The number of rotatable bonds is 6. The third kappa shape index (κ3) is 5.01. The van der Waals surface area contributed by atoms with E-state index in [0.29, 0.717) is 22.5 Å². The van der Waals surface area contributed by atoms with E-state index in [1.807, 2.05) is 18.2 Å². The normalized spacial score (nSPS) is 10.6. The molecule has 2 rings (SSSR count). The Morgan fingerprint density at radius 3 is 3.05 bits per heavy atom. The number of nitrogens with zero attached hydrogens (tertiary/aromatic N) is 3. The minimum Gasteiger partial charge on any atom is -0.465 e. The smallest absolute Gasteiger partial charge is 0.327 e. The van der Waals surface area contributed by atoms with Crippen molar-refractivity contribution in [2.75, 3.05) is 6.61 Å². The Labute approximate surface area is 140 Å². The van der Waals surface area contributed by atoms with Crippen LogP contribution >= 0.6 is 39.3 Å². The van der Waals surface area contributed by atoms with E-state index in [4.69, 9.17) is 16.3 Å². The van der Waals surface area contributed by atoms with Crippen molar-refractivity contribution in [2.45, 2.75) is 24.4 Å². The number of benzene rings is 1. The first-order valence-electron chi connectivity index (χ1n) is 6.20. The maximum Gasteiger partial charge on any atom is 0.327 e. The Kier molecular flexibility index (Phi) is 6.08. The topological polar surface area (TPSA) is 57.0 Å². The lowest BCUT2D eigenvalue weighted by Crippen LogP contribution is -2.13. The summed E-state index contributed by atoms with van der Waals surface area (Å²) < 4.78 is 7.26. The van der Waals surface area contributed by atoms with Crippen molar-refractivity contribution in [3.05, 3.63) is 39.6 Å². The van der Waals surface area contributed by atoms with E-state index < -0.39 is 0 Å². The lowest BCUT2D eigenvalue weighted by molar-refractivity contribution is -0.144. The van der Waals surface area contributed by atoms with Gasteiger partial charge in [0.05, 0.1) is 6.61 Å². The fourth-order valence-corrected chi connectivity index (χ4v) is 3.18. The van der Waals surface area contributed by atoms with Crippen molar-refractivity contribution in [3.63, 3.8) is 0 Å². The molecular formula is C13H13BrClN3O2S. The molecule has 0 aliphatic heterocycles. The molecule has 0 radical (unpaired) electrons. The van der Waals surface area contributed by atoms with Gasteiger partial charge in [-0.3, -0.25) is 4.79 Å². The van der Waals surface area contributed by atoms with E-state index in [0.717, 1.165) is 10.0 Å². The lowest BCUT2D eigenvalue weighted by Gasteiger charge is -2.03. The van der Waals surface area contributed by atoms with E-state index in [9.17, 15) is 4.79 Å². The number of ether oxygens (including phenoxy) is 1. The average Bonchev–Trinajstić information content (AvgIpc) is 2.85. The summed E-state index contributed by atoms with van der Waals surface area (Å²) in [6, 6.07) is 5.74. The maximum absolute atomic E-state index is 11.3. The molecule has 0 aliphatic carbocycles. The van der Waals surface area contributed by atoms with E-state index in [1.165, 1.54) is 22.8 Å². The second kappa shape index (κ2) is 7.82. The Morgan fingerprint density at radius 2 is 2.33 bits per heavy atom. The van der Waals surface area contributed by atoms with Gasteiger partial charge in [-0.2, -0.15) is 0 Å². The summed E-state index contributed by atoms with van der Waals surface area (Å²) in [4.78, 5) is 15.5. The minimum absolute atomic E-state index is 0.0699. The number of aromatic nitrogens is 3. The Bertz CT molecular complexity index is 636. The van der Waals surface area contributed by atoms with Crippen LogP contribution in [0.2, 0.25) is 5.02 Å². The van der Waals surface area contributed by atoms with Gasteiger partial charge in [0.15, 0.2) is 0 Å². The Hall–Kier alpha value is -1.05. The van der Waals surface area contributed by atoms with Gasteiger partial charge in [-0.1, -0.05) is 45.4 Å². The fourth-order valence-electron chi connectivity index (χ4n) is 1.54. The molecule has 1 aromatic heterocycles. The van der Waals surface area contributed by atoms with E-state index in [1.54, 1.807) is 6.92 Å². The van der Waals surface area contributed by atoms with Crippen molar-refractivity contribution in [1.29, 1.82) is 0 Å². The van der Waals surface area contributed by atoms with Gasteiger partial charge in [0.1, 0.15) is 12.9 Å². The SMILES string of the molecule is CCOC(=O)Cn1cnc(SCc2ccc(Br)cc2Cl)n1. The molecule has 0 saturated carbocycles. The van der Waals surface area contributed by atoms with Crippen LogP contribution in [-0.2, 0) is 21.8 Å². The largest absolute Gasteiger partial charge is 0.465 e. The van der Waals surface area contributed by atoms with Gasteiger partial charge < -0.3 is 4.74 Å². The van der Waals surface area contributed by atoms with Crippen molar-refractivity contribution in [2.24, 2.45) is 0 Å². The number of hydrogen-bond donors (Lipinski definition) is 0. The van der Waals surface area contributed by atoms with Gasteiger partial charge in [0, 0.05) is 15.2 Å². The molecule has 0 aliphatic rings. The highest BCUT2D eigenvalue weighted by Gasteiger charge is 2.08. The molecule has 0 unspecified atom stereocenters. The van der Waals surface area contributed by atoms with Crippen LogP contribution < -0.4 is 0 Å². The van der Waals surface area contributed by atoms with Crippen LogP contribution in [0, 0.1) is 0 Å². The molecule has 1 heterocycles. The summed E-state index contributed by atoms with van der Waals surface area (Å²) in [5.41, 5.74) is 1.01. The second-order valence-corrected chi connectivity index (χ2v) is 6.32. The summed E-state index contributed by atoms with van der Waals surface area (Å²) in [7, 11) is 0. The predicted octanol–water partition coefficient (Wildman–Crippen LogP) is 3.55. The van der Waals surface area contributed by atoms with Gasteiger partial charge in [-0.05, 0) is 24.6 Å². The summed E-state index contributed by atoms with van der Waals surface area (Å²) in [6.45, 7) is 2.19. The van der Waals surface area contributed by atoms with E-state index >= 15 is 0 Å². The number of hydrogen-bond acceptors (Lipinski definition) is 5. The molecule has 112 valence electrons. The number of thioether (sulfide) groups is 1. The highest BCUT2D eigenvalue weighted by molar-refractivity contribution is 9.10. The van der Waals surface area contributed by atoms with Crippen molar-refractivity contribution in [3.8, 4) is 0 Å². The van der Waals surface area contributed by atoms with Crippen LogP contribution in [-0.4, -0.2) is 27.3 Å². The lowest BCUT2D eigenvalue weighted by atomic mass is 10.2. The summed E-state index contributed by atoms with van der Waals surface area (Å²) >= 11 is 11.0. The highest BCUT2D eigenvalue weighted by Crippen LogP contribution is 2.27. The fraction of sp³-hybridized carbons (Fsp3) is 0.308. The van der Waals surface area contributed by atoms with Crippen molar-refractivity contribution < 1.29 is 9.53 Å². The summed E-state index contributed by atoms with van der Waals surface area (Å²) in [5.74, 6) is 0.338. The Balaban J connectivity index is 1.92. The molecule has 2 aromatic rings. The third-order valence-electron chi connectivity index (χ3n) is 2.48. The standard InChI is InChI=1S/C13H13BrClN3O2S/c1-2-20-12(19)6-18-8-16-13(17-18)21-7-9-3-4-10(14)5-11(9)15/h3-5,8H,2,6-7H2,1H3. The quantitative estimate of drug-likeness (QED) is 0.558. The second-order valence-electron chi connectivity index (χ2n) is 4.05. The van der Waals surface area contributed by atoms with Gasteiger partial charge >= 0.3 is 5.97 Å². The molecule has 0 N–H and O–H groups in total. The highest BCUT2D eigenvalue weighted by atomic mass is 79.9. The Morgan fingerprint density at radius 1 is 1.52 bits per heavy atom. The molecule has 0 fully saturated rings. The maximum atomic E-state index is 11.3. The van der Waals surface area contributed by atoms with Crippen molar-refractivity contribution in [1.82, 2.24) is 14.8 Å². The zero-order chi connectivity index (χ0) is 15.2. The van der Waals surface area contributed by atoms with Crippen LogP contribution in [0.4, 0.5) is 0 Å². The molecule has 0 bridgehead atoms. The molecule has 0 spiro atoms. The van der Waals surface area contributed by atoms with Gasteiger partial charge in [-0.25, -0.2) is 9.67 Å². The van der Waals surface area contributed by atoms with Crippen LogP contribution in [0.1, 0.15) is 12.5 Å². The predicted molar refractivity (Wildman–Crippen MR) is 85.4 cm³/mol. The van der Waals surface area contributed by atoms with Crippen LogP contribution in [0.5, 0.6) is 0 Å². The molecular weight excluding hydrogens is 378 g/mol. The summed E-state index contributed by atoms with van der Waals surface area (Å²) in [5, 5.41) is 5.50. The zero-order valence-corrected chi connectivity index (χ0v) is 14.4. The van der Waals surface area contributed by atoms with E-state index in [2.05, 4.69) is 26.0 Å². The first-order chi connectivity index (χ1) is 10.1. The average molecular weight is 391 g/mol. The van der Waals surface area contributed by atoms with Crippen LogP contribution in [0.15, 0.2) is 34.2 Å². The molecule has 0 saturated heterocycles. The number of esters is 1. The minimum atomic E-state index is -0.324. The third-order valence-corrected chi connectivity index (χ3v) is 4.23. The first kappa shape index (κ1) is 16.3. The van der Waals surface area contributed by atoms with Crippen molar-refractivity contribution >= 4 is 45.3 Å². The first-order valence-corrected chi connectivity index (χ1v) is 8.36. The molecule has 0 atom stereocenters. The number of halogens is 2. The molecule has 1 aromatic carbocycles. The van der Waals surface area contributed by atoms with Gasteiger partial charge in [0.2, 0.25) is 5.16 Å². The number of carbonyl (C=O) groups is 1. The molecule has 5 nitrogen and oxygen atoms in total. The molecule has 0 amide bonds. The van der Waals surface area contributed by atoms with Gasteiger partial charge in [0.25, 0.3) is 0 Å². The van der Waals surface area contributed by atoms with Crippen LogP contribution in [0.25, 0.3) is 0 Å². The summed E-state index contributed by atoms with van der Waals surface area (Å²) in [6.07, 6.45) is 1.52. The zero-order valence-electron chi connectivity index (χ0n) is 11.3. The number of carbonyl (C=O) groups excluding carboxylic acids is 1. The van der Waals surface area contributed by atoms with E-state index in [-0.39, 0.29) is 12.5 Å². The van der Waals surface area contributed by atoms with Crippen LogP contribution in [0.3, 0.4) is 0 Å².